The predicted octanol–water partition coefficient (Wildman–Crippen LogP) is 2.38. The quantitative estimate of drug-likeness (QED) is 0.773. The summed E-state index contributed by atoms with van der Waals surface area (Å²) < 4.78 is 0. The van der Waals surface area contributed by atoms with Crippen LogP contribution in [-0.2, 0) is 19.2 Å². The molecule has 0 atom stereocenters. The molecule has 2 heterocycles. The van der Waals surface area contributed by atoms with Gasteiger partial charge in [0, 0.05) is 12.2 Å². The first-order valence-corrected chi connectivity index (χ1v) is 9.03. The van der Waals surface area contributed by atoms with Gasteiger partial charge in [0.2, 0.25) is 0 Å². The minimum Gasteiger partial charge on any atom is -0.289 e. The van der Waals surface area contributed by atoms with Gasteiger partial charge in [-0.05, 0) is 37.5 Å². The number of rotatable bonds is 2. The van der Waals surface area contributed by atoms with Crippen LogP contribution in [0.25, 0.3) is 11.1 Å². The highest BCUT2D eigenvalue weighted by molar-refractivity contribution is 6.34. The van der Waals surface area contributed by atoms with Gasteiger partial charge in [-0.1, -0.05) is 53.6 Å². The van der Waals surface area contributed by atoms with Crippen molar-refractivity contribution in [3.63, 3.8) is 0 Å². The summed E-state index contributed by atoms with van der Waals surface area (Å²) in [6, 6.07) is 13.3. The topological polar surface area (TPSA) is 92.3 Å². The zero-order chi connectivity index (χ0) is 21.1. The van der Waals surface area contributed by atoms with Crippen molar-refractivity contribution in [2.75, 3.05) is 0 Å². The van der Waals surface area contributed by atoms with Crippen LogP contribution in [0.1, 0.15) is 27.8 Å². The van der Waals surface area contributed by atoms with Gasteiger partial charge in [-0.3, -0.25) is 29.8 Å². The lowest BCUT2D eigenvalue weighted by Crippen LogP contribution is -2.21. The Morgan fingerprint density at radius 3 is 1.66 bits per heavy atom. The molecule has 0 spiro atoms. The van der Waals surface area contributed by atoms with E-state index in [4.69, 9.17) is 0 Å². The average Bonchev–Trinajstić information content (AvgIpc) is 3.15. The van der Waals surface area contributed by atoms with Crippen molar-refractivity contribution in [2.24, 2.45) is 0 Å². The molecular formula is C23H20N2O4. The zero-order valence-electron chi connectivity index (χ0n) is 16.3. The first-order chi connectivity index (χ1) is 13.7. The van der Waals surface area contributed by atoms with Crippen LogP contribution < -0.4 is 10.6 Å². The van der Waals surface area contributed by atoms with Crippen molar-refractivity contribution in [2.45, 2.75) is 20.8 Å². The Balaban J connectivity index is 0.000000166. The minimum atomic E-state index is -0.340. The normalized spacial score (nSPS) is 15.3. The second kappa shape index (κ2) is 8.06. The maximum absolute atomic E-state index is 11.4. The fourth-order valence-corrected chi connectivity index (χ4v) is 3.24. The van der Waals surface area contributed by atoms with E-state index in [1.807, 2.05) is 63.2 Å². The Morgan fingerprint density at radius 1 is 0.655 bits per heavy atom. The van der Waals surface area contributed by atoms with Gasteiger partial charge in [0.05, 0.1) is 11.1 Å². The van der Waals surface area contributed by atoms with Crippen LogP contribution in [0.3, 0.4) is 0 Å². The molecule has 2 aliphatic rings. The van der Waals surface area contributed by atoms with Gasteiger partial charge in [-0.25, -0.2) is 0 Å². The Labute approximate surface area is 168 Å². The molecule has 2 aliphatic heterocycles. The number of carbonyl (C=O) groups is 4. The molecular weight excluding hydrogens is 368 g/mol. The first kappa shape index (κ1) is 19.9. The molecule has 6 nitrogen and oxygen atoms in total. The van der Waals surface area contributed by atoms with Gasteiger partial charge in [0.1, 0.15) is 0 Å². The van der Waals surface area contributed by atoms with Crippen LogP contribution in [0.4, 0.5) is 0 Å². The van der Waals surface area contributed by atoms with Crippen molar-refractivity contribution in [1.29, 1.82) is 0 Å². The van der Waals surface area contributed by atoms with Crippen LogP contribution in [0, 0.1) is 20.8 Å². The molecule has 0 saturated carbocycles. The van der Waals surface area contributed by atoms with Gasteiger partial charge in [0.15, 0.2) is 0 Å². The van der Waals surface area contributed by atoms with E-state index in [0.717, 1.165) is 27.8 Å². The Morgan fingerprint density at radius 2 is 1.17 bits per heavy atom. The van der Waals surface area contributed by atoms with E-state index >= 15 is 0 Å². The zero-order valence-corrected chi connectivity index (χ0v) is 16.3. The summed E-state index contributed by atoms with van der Waals surface area (Å²) in [6.45, 7) is 5.84. The predicted molar refractivity (Wildman–Crippen MR) is 109 cm³/mol. The van der Waals surface area contributed by atoms with E-state index in [0.29, 0.717) is 11.1 Å². The summed E-state index contributed by atoms with van der Waals surface area (Å²) in [7, 11) is 0. The first-order valence-electron chi connectivity index (χ1n) is 9.03. The summed E-state index contributed by atoms with van der Waals surface area (Å²) in [4.78, 5) is 44.7. The molecule has 2 aromatic rings. The summed E-state index contributed by atoms with van der Waals surface area (Å²) in [5.41, 5.74) is 5.67. The number of hydrogen-bond acceptors (Lipinski definition) is 4. The van der Waals surface area contributed by atoms with E-state index in [9.17, 15) is 19.2 Å². The molecule has 0 unspecified atom stereocenters. The lowest BCUT2D eigenvalue weighted by atomic mass is 10.0. The fraction of sp³-hybridized carbons (Fsp3) is 0.130. The molecule has 4 rings (SSSR count). The minimum absolute atomic E-state index is 0.315. The third-order valence-electron chi connectivity index (χ3n) is 4.48. The van der Waals surface area contributed by atoms with Crippen molar-refractivity contribution in [3.05, 3.63) is 82.4 Å². The van der Waals surface area contributed by atoms with E-state index in [2.05, 4.69) is 10.6 Å². The number of hydrogen-bond donors (Lipinski definition) is 2. The third-order valence-corrected chi connectivity index (χ3v) is 4.48. The molecule has 2 aromatic carbocycles. The van der Waals surface area contributed by atoms with Crippen LogP contribution in [0.5, 0.6) is 0 Å². The van der Waals surface area contributed by atoms with Gasteiger partial charge < -0.3 is 0 Å². The molecule has 4 amide bonds. The number of benzene rings is 2. The highest BCUT2D eigenvalue weighted by Gasteiger charge is 2.23. The van der Waals surface area contributed by atoms with Gasteiger partial charge >= 0.3 is 0 Å². The van der Waals surface area contributed by atoms with Gasteiger partial charge in [0.25, 0.3) is 23.6 Å². The smallest absolute Gasteiger partial charge is 0.258 e. The molecule has 0 aliphatic carbocycles. The lowest BCUT2D eigenvalue weighted by molar-refractivity contribution is -0.124. The molecule has 146 valence electrons. The molecule has 0 saturated heterocycles. The Hall–Kier alpha value is -3.80. The summed E-state index contributed by atoms with van der Waals surface area (Å²) in [5, 5.41) is 4.46. The molecule has 0 fully saturated rings. The Bertz CT molecular complexity index is 1090. The second-order valence-electron chi connectivity index (χ2n) is 6.94. The van der Waals surface area contributed by atoms with Crippen molar-refractivity contribution >= 4 is 34.8 Å². The SMILES string of the molecule is Cc1cc(C)cc(C2=CC(=O)NC2=O)c1.Cc1ccccc1C1=CC(=O)NC1=O. The largest absolute Gasteiger partial charge is 0.289 e. The van der Waals surface area contributed by atoms with Crippen molar-refractivity contribution in [1.82, 2.24) is 10.6 Å². The highest BCUT2D eigenvalue weighted by atomic mass is 16.2. The maximum Gasteiger partial charge on any atom is 0.258 e. The maximum atomic E-state index is 11.4. The fourth-order valence-electron chi connectivity index (χ4n) is 3.24. The van der Waals surface area contributed by atoms with Crippen LogP contribution >= 0.6 is 0 Å². The molecule has 0 aromatic heterocycles. The summed E-state index contributed by atoms with van der Waals surface area (Å²) >= 11 is 0. The van der Waals surface area contributed by atoms with E-state index in [-0.39, 0.29) is 23.6 Å². The number of imide groups is 2. The molecule has 0 bridgehead atoms. The van der Waals surface area contributed by atoms with Crippen LogP contribution in [-0.4, -0.2) is 23.6 Å². The van der Waals surface area contributed by atoms with E-state index in [1.165, 1.54) is 12.2 Å². The van der Waals surface area contributed by atoms with Crippen LogP contribution in [0.15, 0.2) is 54.6 Å². The number of amides is 4. The highest BCUT2D eigenvalue weighted by Crippen LogP contribution is 2.22. The molecule has 2 N–H and O–H groups in total. The van der Waals surface area contributed by atoms with Crippen LogP contribution in [0.2, 0.25) is 0 Å². The summed E-state index contributed by atoms with van der Waals surface area (Å²) in [5.74, 6) is -1.31. The lowest BCUT2D eigenvalue weighted by Gasteiger charge is -2.03. The van der Waals surface area contributed by atoms with Crippen molar-refractivity contribution < 1.29 is 19.2 Å². The van der Waals surface area contributed by atoms with E-state index in [1.54, 1.807) is 0 Å². The molecule has 29 heavy (non-hydrogen) atoms. The monoisotopic (exact) mass is 388 g/mol. The van der Waals surface area contributed by atoms with Crippen molar-refractivity contribution in [3.8, 4) is 0 Å². The average molecular weight is 388 g/mol. The number of nitrogens with one attached hydrogen (secondary N) is 2. The third kappa shape index (κ3) is 4.55. The standard InChI is InChI=1S/C12H11NO2.C11H9NO2/c1-7-3-8(2)5-9(4-7)10-6-11(14)13-12(10)15;1-7-4-2-3-5-8(7)9-6-10(13)12-11(9)14/h3-6H,1-2H3,(H,13,14,15);2-6H,1H3,(H,12,13,14). The summed E-state index contributed by atoms with van der Waals surface area (Å²) in [6.07, 6.45) is 2.68. The van der Waals surface area contributed by atoms with Gasteiger partial charge in [-0.15, -0.1) is 0 Å². The Kier molecular flexibility index (Phi) is 5.54. The molecule has 6 heteroatoms. The number of carbonyl (C=O) groups excluding carboxylic acids is 4. The second-order valence-corrected chi connectivity index (χ2v) is 6.94. The van der Waals surface area contributed by atoms with Gasteiger partial charge in [-0.2, -0.15) is 0 Å². The molecule has 0 radical (unpaired) electrons. The van der Waals surface area contributed by atoms with E-state index < -0.39 is 0 Å². The number of aryl methyl sites for hydroxylation is 3.